The van der Waals surface area contributed by atoms with E-state index >= 15 is 0 Å². The quantitative estimate of drug-likeness (QED) is 0.930. The molecule has 0 bridgehead atoms. The molecular weight excluding hydrogens is 306 g/mol. The lowest BCUT2D eigenvalue weighted by Gasteiger charge is -2.15. The number of ether oxygens (including phenoxy) is 1. The summed E-state index contributed by atoms with van der Waals surface area (Å²) in [6, 6.07) is 6.43. The summed E-state index contributed by atoms with van der Waals surface area (Å²) in [4.78, 5) is 15.1. The maximum Gasteiger partial charge on any atom is 0.337 e. The number of pyridine rings is 1. The van der Waals surface area contributed by atoms with E-state index < -0.39 is 15.8 Å². The van der Waals surface area contributed by atoms with Crippen LogP contribution in [0.4, 0.5) is 0 Å². The molecule has 7 heteroatoms. The number of benzene rings is 1. The third kappa shape index (κ3) is 3.09. The molecule has 22 heavy (non-hydrogen) atoms. The van der Waals surface area contributed by atoms with Crippen molar-refractivity contribution in [3.05, 3.63) is 47.2 Å². The second-order valence-corrected chi connectivity index (χ2v) is 6.82. The molecule has 0 aliphatic rings. The average molecular weight is 321 g/mol. The summed E-state index contributed by atoms with van der Waals surface area (Å²) < 4.78 is 29.6. The lowest BCUT2D eigenvalue weighted by atomic mass is 10.0. The van der Waals surface area contributed by atoms with E-state index in [9.17, 15) is 18.3 Å². The van der Waals surface area contributed by atoms with Crippen LogP contribution in [-0.4, -0.2) is 30.7 Å². The second-order valence-electron chi connectivity index (χ2n) is 4.87. The number of sulfone groups is 1. The Morgan fingerprint density at radius 2 is 1.95 bits per heavy atom. The van der Waals surface area contributed by atoms with Crippen LogP contribution in [0.3, 0.4) is 0 Å². The normalized spacial score (nSPS) is 11.2. The molecule has 0 radical (unpaired) electrons. The highest BCUT2D eigenvalue weighted by Gasteiger charge is 2.27. The van der Waals surface area contributed by atoms with Crippen molar-refractivity contribution < 1.29 is 23.1 Å². The van der Waals surface area contributed by atoms with Crippen LogP contribution in [0.15, 0.2) is 35.4 Å². The molecule has 0 unspecified atom stereocenters. The van der Waals surface area contributed by atoms with Gasteiger partial charge in [-0.1, -0.05) is 6.07 Å². The average Bonchev–Trinajstić information content (AvgIpc) is 2.41. The second kappa shape index (κ2) is 5.76. The fraction of sp³-hybridized carbons (Fsp3) is 0.200. The van der Waals surface area contributed by atoms with Crippen LogP contribution in [0, 0.1) is 13.8 Å². The fourth-order valence-electron chi connectivity index (χ4n) is 2.08. The number of nitrogens with zero attached hydrogens (tertiary/aromatic N) is 1. The minimum atomic E-state index is -3.80. The van der Waals surface area contributed by atoms with Gasteiger partial charge in [-0.25, -0.2) is 18.2 Å². The monoisotopic (exact) mass is 321 g/mol. The standard InChI is InChI=1S/C15H15NO5S/c1-9-8-11(21-12-6-4-5-7-16-12)14(22(3,19)20)13(10(9)2)15(17)18/h4-8H,1-3H3,(H,17,18). The Bertz CT molecular complexity index is 829. The molecule has 1 aromatic heterocycles. The summed E-state index contributed by atoms with van der Waals surface area (Å²) in [6.07, 6.45) is 2.45. The number of hydrogen-bond donors (Lipinski definition) is 1. The highest BCUT2D eigenvalue weighted by molar-refractivity contribution is 7.90. The summed E-state index contributed by atoms with van der Waals surface area (Å²) in [6.45, 7) is 3.26. The lowest BCUT2D eigenvalue weighted by Crippen LogP contribution is -2.12. The van der Waals surface area contributed by atoms with E-state index in [1.54, 1.807) is 32.0 Å². The molecular formula is C15H15NO5S. The minimum Gasteiger partial charge on any atom is -0.478 e. The Hall–Kier alpha value is -2.41. The predicted molar refractivity (Wildman–Crippen MR) is 80.3 cm³/mol. The molecule has 2 aromatic rings. The number of carboxylic acids is 1. The van der Waals surface area contributed by atoms with Gasteiger partial charge in [-0.05, 0) is 37.1 Å². The minimum absolute atomic E-state index is 0.0401. The Labute approximate surface area is 128 Å². The molecule has 0 saturated carbocycles. The molecule has 0 spiro atoms. The molecule has 1 heterocycles. The maximum absolute atomic E-state index is 12.1. The molecule has 0 fully saturated rings. The van der Waals surface area contributed by atoms with Crippen LogP contribution in [0.2, 0.25) is 0 Å². The number of carbonyl (C=O) groups is 1. The van der Waals surface area contributed by atoms with Crippen molar-refractivity contribution in [2.45, 2.75) is 18.7 Å². The van der Waals surface area contributed by atoms with Crippen molar-refractivity contribution in [2.75, 3.05) is 6.26 Å². The Kier molecular flexibility index (Phi) is 4.18. The van der Waals surface area contributed by atoms with Crippen molar-refractivity contribution >= 4 is 15.8 Å². The first-order valence-corrected chi connectivity index (χ1v) is 8.27. The first kappa shape index (κ1) is 16.0. The SMILES string of the molecule is Cc1cc(Oc2ccccn2)c(S(C)(=O)=O)c(C(=O)O)c1C. The van der Waals surface area contributed by atoms with Gasteiger partial charge in [-0.2, -0.15) is 0 Å². The van der Waals surface area contributed by atoms with E-state index in [-0.39, 0.29) is 22.1 Å². The fourth-order valence-corrected chi connectivity index (χ4v) is 3.16. The van der Waals surface area contributed by atoms with Crippen LogP contribution in [-0.2, 0) is 9.84 Å². The van der Waals surface area contributed by atoms with Gasteiger partial charge in [0.2, 0.25) is 5.88 Å². The third-order valence-corrected chi connectivity index (χ3v) is 4.35. The number of hydrogen-bond acceptors (Lipinski definition) is 5. The van der Waals surface area contributed by atoms with Gasteiger partial charge in [0.15, 0.2) is 9.84 Å². The topological polar surface area (TPSA) is 93.6 Å². The summed E-state index contributed by atoms with van der Waals surface area (Å²) in [5.74, 6) is -1.17. The van der Waals surface area contributed by atoms with Crippen molar-refractivity contribution in [1.82, 2.24) is 4.98 Å². The number of rotatable bonds is 4. The van der Waals surface area contributed by atoms with Crippen LogP contribution < -0.4 is 4.74 Å². The van der Waals surface area contributed by atoms with Crippen molar-refractivity contribution in [2.24, 2.45) is 0 Å². The molecule has 6 nitrogen and oxygen atoms in total. The highest BCUT2D eigenvalue weighted by atomic mass is 32.2. The van der Waals surface area contributed by atoms with Crippen LogP contribution in [0.5, 0.6) is 11.6 Å². The van der Waals surface area contributed by atoms with Gasteiger partial charge in [-0.3, -0.25) is 0 Å². The number of aromatic nitrogens is 1. The summed E-state index contributed by atoms with van der Waals surface area (Å²) in [7, 11) is -3.80. The molecule has 1 aromatic carbocycles. The van der Waals surface area contributed by atoms with Crippen molar-refractivity contribution in [3.8, 4) is 11.6 Å². The molecule has 1 N–H and O–H groups in total. The molecule has 0 atom stereocenters. The summed E-state index contributed by atoms with van der Waals surface area (Å²) in [5, 5.41) is 9.39. The van der Waals surface area contributed by atoms with Crippen LogP contribution in [0.1, 0.15) is 21.5 Å². The number of carboxylic acid groups (broad SMARTS) is 1. The predicted octanol–water partition coefficient (Wildman–Crippen LogP) is 2.59. The smallest absolute Gasteiger partial charge is 0.337 e. The molecule has 0 amide bonds. The number of aryl methyl sites for hydroxylation is 1. The van der Waals surface area contributed by atoms with Crippen molar-refractivity contribution in [3.63, 3.8) is 0 Å². The number of aromatic carboxylic acids is 1. The van der Waals surface area contributed by atoms with Gasteiger partial charge in [0.25, 0.3) is 0 Å². The third-order valence-electron chi connectivity index (χ3n) is 3.20. The van der Waals surface area contributed by atoms with Gasteiger partial charge >= 0.3 is 5.97 Å². The molecule has 0 saturated heterocycles. The first-order valence-electron chi connectivity index (χ1n) is 6.38. The van der Waals surface area contributed by atoms with Gasteiger partial charge in [0, 0.05) is 18.5 Å². The van der Waals surface area contributed by atoms with Gasteiger partial charge < -0.3 is 9.84 Å². The first-order chi connectivity index (χ1) is 10.2. The highest BCUT2D eigenvalue weighted by Crippen LogP contribution is 2.34. The van der Waals surface area contributed by atoms with Gasteiger partial charge in [0.05, 0.1) is 5.56 Å². The summed E-state index contributed by atoms with van der Waals surface area (Å²) >= 11 is 0. The van der Waals surface area contributed by atoms with Crippen LogP contribution in [0.25, 0.3) is 0 Å². The van der Waals surface area contributed by atoms with E-state index in [1.165, 1.54) is 12.3 Å². The molecule has 2 rings (SSSR count). The van der Waals surface area contributed by atoms with E-state index in [1.807, 2.05) is 0 Å². The summed E-state index contributed by atoms with van der Waals surface area (Å²) in [5.41, 5.74) is 0.741. The zero-order chi connectivity index (χ0) is 16.5. The zero-order valence-electron chi connectivity index (χ0n) is 12.3. The molecule has 116 valence electrons. The van der Waals surface area contributed by atoms with E-state index in [0.29, 0.717) is 11.1 Å². The largest absolute Gasteiger partial charge is 0.478 e. The molecule has 0 aliphatic carbocycles. The molecule has 0 aliphatic heterocycles. The van der Waals surface area contributed by atoms with E-state index in [0.717, 1.165) is 6.26 Å². The van der Waals surface area contributed by atoms with Crippen LogP contribution >= 0.6 is 0 Å². The maximum atomic E-state index is 12.1. The van der Waals surface area contributed by atoms with Gasteiger partial charge in [-0.15, -0.1) is 0 Å². The zero-order valence-corrected chi connectivity index (χ0v) is 13.1. The Morgan fingerprint density at radius 3 is 2.45 bits per heavy atom. The lowest BCUT2D eigenvalue weighted by molar-refractivity contribution is 0.0691. The van der Waals surface area contributed by atoms with E-state index in [4.69, 9.17) is 4.74 Å². The van der Waals surface area contributed by atoms with Gasteiger partial charge in [0.1, 0.15) is 10.6 Å². The van der Waals surface area contributed by atoms with E-state index in [2.05, 4.69) is 4.98 Å². The Morgan fingerprint density at radius 1 is 1.27 bits per heavy atom. The Balaban J connectivity index is 2.76. The van der Waals surface area contributed by atoms with Crippen molar-refractivity contribution in [1.29, 1.82) is 0 Å².